The number of carbonyl (C=O) groups is 1. The van der Waals surface area contributed by atoms with Gasteiger partial charge in [0, 0.05) is 12.6 Å². The molecule has 1 aromatic carbocycles. The molecule has 0 bridgehead atoms. The number of hydrogen-bond acceptors (Lipinski definition) is 3. The summed E-state index contributed by atoms with van der Waals surface area (Å²) in [5.74, 6) is 0. The van der Waals surface area contributed by atoms with Gasteiger partial charge in [0.2, 0.25) is 0 Å². The number of aryl methyl sites for hydroxylation is 1. The van der Waals surface area contributed by atoms with Gasteiger partial charge in [-0.25, -0.2) is 4.79 Å². The maximum absolute atomic E-state index is 11.9. The topological polar surface area (TPSA) is 50.4 Å². The van der Waals surface area contributed by atoms with Crippen LogP contribution in [-0.4, -0.2) is 23.8 Å². The Labute approximate surface area is 134 Å². The second kappa shape index (κ2) is 7.14. The fourth-order valence-corrected chi connectivity index (χ4v) is 2.01. The van der Waals surface area contributed by atoms with Crippen LogP contribution in [0.3, 0.4) is 0 Å². The SMILES string of the molecule is Cc1ccc(C(C)NCC(C)(C)NC(=O)OC(C)(C)C)cc1. The van der Waals surface area contributed by atoms with E-state index in [0.29, 0.717) is 6.54 Å². The summed E-state index contributed by atoms with van der Waals surface area (Å²) < 4.78 is 5.30. The Morgan fingerprint density at radius 1 is 1.14 bits per heavy atom. The highest BCUT2D eigenvalue weighted by atomic mass is 16.6. The molecule has 4 heteroatoms. The van der Waals surface area contributed by atoms with Crippen LogP contribution >= 0.6 is 0 Å². The summed E-state index contributed by atoms with van der Waals surface area (Å²) in [6, 6.07) is 8.69. The molecule has 1 unspecified atom stereocenters. The van der Waals surface area contributed by atoms with Crippen molar-refractivity contribution >= 4 is 6.09 Å². The molecule has 0 saturated carbocycles. The Morgan fingerprint density at radius 3 is 2.18 bits per heavy atom. The molecular weight excluding hydrogens is 276 g/mol. The van der Waals surface area contributed by atoms with E-state index in [-0.39, 0.29) is 17.7 Å². The van der Waals surface area contributed by atoms with Crippen LogP contribution in [0.1, 0.15) is 58.7 Å². The molecule has 0 aromatic heterocycles. The Bertz CT molecular complexity index is 487. The summed E-state index contributed by atoms with van der Waals surface area (Å²) in [7, 11) is 0. The highest BCUT2D eigenvalue weighted by Crippen LogP contribution is 2.14. The van der Waals surface area contributed by atoms with Gasteiger partial charge in [0.25, 0.3) is 0 Å². The first-order valence-electron chi connectivity index (χ1n) is 7.80. The zero-order valence-electron chi connectivity index (χ0n) is 14.9. The maximum atomic E-state index is 11.9. The molecule has 1 atom stereocenters. The van der Waals surface area contributed by atoms with Crippen LogP contribution < -0.4 is 10.6 Å². The van der Waals surface area contributed by atoms with Crippen molar-refractivity contribution in [3.05, 3.63) is 35.4 Å². The van der Waals surface area contributed by atoms with Crippen molar-refractivity contribution < 1.29 is 9.53 Å². The number of ether oxygens (including phenoxy) is 1. The fraction of sp³-hybridized carbons (Fsp3) is 0.611. The van der Waals surface area contributed by atoms with E-state index in [1.807, 2.05) is 34.6 Å². The van der Waals surface area contributed by atoms with Gasteiger partial charge in [-0.15, -0.1) is 0 Å². The second-order valence-corrected chi connectivity index (χ2v) is 7.52. The molecule has 2 N–H and O–H groups in total. The number of carbonyl (C=O) groups excluding carboxylic acids is 1. The van der Waals surface area contributed by atoms with Gasteiger partial charge in [-0.3, -0.25) is 0 Å². The number of alkyl carbamates (subject to hydrolysis) is 1. The minimum atomic E-state index is -0.483. The standard InChI is InChI=1S/C18H30N2O2/c1-13-8-10-15(11-9-13)14(2)19-12-18(6,7)20-16(21)22-17(3,4)5/h8-11,14,19H,12H2,1-7H3,(H,20,21). The van der Waals surface area contributed by atoms with E-state index in [1.54, 1.807) is 0 Å². The lowest BCUT2D eigenvalue weighted by Crippen LogP contribution is -2.51. The molecule has 0 spiro atoms. The quantitative estimate of drug-likeness (QED) is 0.866. The van der Waals surface area contributed by atoms with Crippen LogP contribution in [0.5, 0.6) is 0 Å². The normalized spacial score (nSPS) is 13.6. The summed E-state index contributed by atoms with van der Waals surface area (Å²) in [6.07, 6.45) is -0.387. The number of nitrogens with one attached hydrogen (secondary N) is 2. The van der Waals surface area contributed by atoms with Gasteiger partial charge >= 0.3 is 6.09 Å². The van der Waals surface area contributed by atoms with Crippen molar-refractivity contribution in [2.24, 2.45) is 0 Å². The lowest BCUT2D eigenvalue weighted by Gasteiger charge is -2.30. The van der Waals surface area contributed by atoms with Gasteiger partial charge in [-0.2, -0.15) is 0 Å². The van der Waals surface area contributed by atoms with Crippen LogP contribution in [0, 0.1) is 6.92 Å². The number of benzene rings is 1. The van der Waals surface area contributed by atoms with Gasteiger partial charge in [0.15, 0.2) is 0 Å². The van der Waals surface area contributed by atoms with E-state index in [9.17, 15) is 4.79 Å². The Morgan fingerprint density at radius 2 is 1.68 bits per heavy atom. The van der Waals surface area contributed by atoms with Gasteiger partial charge in [-0.1, -0.05) is 29.8 Å². The molecular formula is C18H30N2O2. The Hall–Kier alpha value is -1.55. The third kappa shape index (κ3) is 6.94. The molecule has 0 saturated heterocycles. The van der Waals surface area contributed by atoms with Crippen LogP contribution in [-0.2, 0) is 4.74 Å². The number of amides is 1. The average Bonchev–Trinajstić information content (AvgIpc) is 2.33. The highest BCUT2D eigenvalue weighted by molar-refractivity contribution is 5.68. The molecule has 0 aliphatic rings. The number of hydrogen-bond donors (Lipinski definition) is 2. The first kappa shape index (κ1) is 18.5. The van der Waals surface area contributed by atoms with Gasteiger partial charge in [0.05, 0.1) is 5.54 Å². The van der Waals surface area contributed by atoms with Crippen molar-refractivity contribution in [1.29, 1.82) is 0 Å². The summed E-state index contributed by atoms with van der Waals surface area (Å²) >= 11 is 0. The Balaban J connectivity index is 2.50. The van der Waals surface area contributed by atoms with E-state index in [0.717, 1.165) is 0 Å². The minimum absolute atomic E-state index is 0.223. The molecule has 0 fully saturated rings. The largest absolute Gasteiger partial charge is 0.444 e. The number of rotatable bonds is 5. The zero-order valence-corrected chi connectivity index (χ0v) is 14.9. The maximum Gasteiger partial charge on any atom is 0.408 e. The van der Waals surface area contributed by atoms with Crippen molar-refractivity contribution in [2.45, 2.75) is 65.6 Å². The fourth-order valence-electron chi connectivity index (χ4n) is 2.01. The second-order valence-electron chi connectivity index (χ2n) is 7.52. The summed E-state index contributed by atoms with van der Waals surface area (Å²) in [5.41, 5.74) is 1.62. The monoisotopic (exact) mass is 306 g/mol. The van der Waals surface area contributed by atoms with E-state index < -0.39 is 5.60 Å². The third-order valence-electron chi connectivity index (χ3n) is 3.27. The van der Waals surface area contributed by atoms with Crippen molar-refractivity contribution in [2.75, 3.05) is 6.54 Å². The molecule has 1 aromatic rings. The predicted octanol–water partition coefficient (Wildman–Crippen LogP) is 3.95. The average molecular weight is 306 g/mol. The molecule has 0 heterocycles. The van der Waals surface area contributed by atoms with Crippen molar-refractivity contribution in [3.8, 4) is 0 Å². The van der Waals surface area contributed by atoms with E-state index in [2.05, 4.69) is 48.7 Å². The van der Waals surface area contributed by atoms with Crippen LogP contribution in [0.2, 0.25) is 0 Å². The molecule has 124 valence electrons. The van der Waals surface area contributed by atoms with Crippen LogP contribution in [0.15, 0.2) is 24.3 Å². The molecule has 0 aliphatic carbocycles. The summed E-state index contributed by atoms with van der Waals surface area (Å²) in [5, 5.41) is 6.36. The van der Waals surface area contributed by atoms with Crippen molar-refractivity contribution in [1.82, 2.24) is 10.6 Å². The third-order valence-corrected chi connectivity index (χ3v) is 3.27. The highest BCUT2D eigenvalue weighted by Gasteiger charge is 2.24. The van der Waals surface area contributed by atoms with Crippen molar-refractivity contribution in [3.63, 3.8) is 0 Å². The van der Waals surface area contributed by atoms with Crippen LogP contribution in [0.4, 0.5) is 4.79 Å². The summed E-state index contributed by atoms with van der Waals surface area (Å²) in [4.78, 5) is 11.9. The smallest absolute Gasteiger partial charge is 0.408 e. The Kier molecular flexibility index (Phi) is 6.00. The van der Waals surface area contributed by atoms with Gasteiger partial charge in [-0.05, 0) is 54.0 Å². The van der Waals surface area contributed by atoms with E-state index in [1.165, 1.54) is 11.1 Å². The molecule has 1 amide bonds. The van der Waals surface area contributed by atoms with Gasteiger partial charge < -0.3 is 15.4 Å². The first-order chi connectivity index (χ1) is 9.98. The van der Waals surface area contributed by atoms with Gasteiger partial charge in [0.1, 0.15) is 5.60 Å². The first-order valence-corrected chi connectivity index (χ1v) is 7.80. The molecule has 22 heavy (non-hydrogen) atoms. The lowest BCUT2D eigenvalue weighted by atomic mass is 10.0. The molecule has 0 aliphatic heterocycles. The zero-order chi connectivity index (χ0) is 17.0. The molecule has 0 radical (unpaired) electrons. The lowest BCUT2D eigenvalue weighted by molar-refractivity contribution is 0.0471. The molecule has 1 rings (SSSR count). The summed E-state index contributed by atoms with van der Waals surface area (Å²) in [6.45, 7) is 14.4. The van der Waals surface area contributed by atoms with E-state index >= 15 is 0 Å². The van der Waals surface area contributed by atoms with Crippen LogP contribution in [0.25, 0.3) is 0 Å². The minimum Gasteiger partial charge on any atom is -0.444 e. The predicted molar refractivity (Wildman–Crippen MR) is 91.0 cm³/mol. The van der Waals surface area contributed by atoms with E-state index in [4.69, 9.17) is 4.74 Å². The molecule has 4 nitrogen and oxygen atoms in total.